The number of aliphatic carboxylic acids is 1. The summed E-state index contributed by atoms with van der Waals surface area (Å²) < 4.78 is 18.7. The first-order valence-corrected chi connectivity index (χ1v) is 11.9. The molecular formula is C27H34FN3O4. The van der Waals surface area contributed by atoms with E-state index in [9.17, 15) is 19.1 Å². The summed E-state index contributed by atoms with van der Waals surface area (Å²) in [5.74, 6) is -1.16. The number of carboxylic acids is 1. The Morgan fingerprint density at radius 2 is 1.80 bits per heavy atom. The number of hydrogen-bond acceptors (Lipinski definition) is 4. The van der Waals surface area contributed by atoms with Crippen LogP contribution in [0.25, 0.3) is 10.9 Å². The van der Waals surface area contributed by atoms with Crippen LogP contribution in [-0.4, -0.2) is 40.3 Å². The first-order valence-electron chi connectivity index (χ1n) is 11.9. The molecule has 35 heavy (non-hydrogen) atoms. The summed E-state index contributed by atoms with van der Waals surface area (Å²) in [6, 6.07) is 13.8. The quantitative estimate of drug-likeness (QED) is 0.295. The number of halogens is 1. The third-order valence-electron chi connectivity index (χ3n) is 5.67. The second-order valence-electron chi connectivity index (χ2n) is 9.69. The Morgan fingerprint density at radius 1 is 1.09 bits per heavy atom. The molecule has 0 spiro atoms. The van der Waals surface area contributed by atoms with Crippen molar-refractivity contribution in [2.75, 3.05) is 6.54 Å². The second kappa shape index (κ2) is 11.8. The van der Waals surface area contributed by atoms with Gasteiger partial charge < -0.3 is 25.5 Å². The molecule has 0 bridgehead atoms. The van der Waals surface area contributed by atoms with Gasteiger partial charge in [0.05, 0.1) is 0 Å². The largest absolute Gasteiger partial charge is 0.481 e. The lowest BCUT2D eigenvalue weighted by molar-refractivity contribution is -0.137. The van der Waals surface area contributed by atoms with Crippen molar-refractivity contribution in [1.29, 1.82) is 0 Å². The van der Waals surface area contributed by atoms with E-state index in [1.54, 1.807) is 32.9 Å². The number of fused-ring (bicyclic) bond motifs is 1. The van der Waals surface area contributed by atoms with Gasteiger partial charge in [0.15, 0.2) is 0 Å². The molecule has 1 aromatic heterocycles. The topological polar surface area (TPSA) is 103 Å². The Balaban J connectivity index is 1.79. The van der Waals surface area contributed by atoms with Crippen LogP contribution in [0.15, 0.2) is 54.7 Å². The van der Waals surface area contributed by atoms with Crippen molar-refractivity contribution in [2.24, 2.45) is 0 Å². The Bertz CT molecular complexity index is 1120. The Kier molecular flexibility index (Phi) is 8.87. The second-order valence-corrected chi connectivity index (χ2v) is 9.69. The molecule has 8 heteroatoms. The van der Waals surface area contributed by atoms with Gasteiger partial charge in [0, 0.05) is 42.1 Å². The zero-order valence-corrected chi connectivity index (χ0v) is 20.4. The number of carbonyl (C=O) groups excluding carboxylic acids is 1. The molecule has 0 fully saturated rings. The highest BCUT2D eigenvalue weighted by Crippen LogP contribution is 2.28. The van der Waals surface area contributed by atoms with Crippen LogP contribution in [0, 0.1) is 5.82 Å². The van der Waals surface area contributed by atoms with Gasteiger partial charge in [-0.05, 0) is 69.4 Å². The number of hydrogen-bond donors (Lipinski definition) is 4. The first kappa shape index (κ1) is 26.2. The van der Waals surface area contributed by atoms with Gasteiger partial charge in [-0.3, -0.25) is 4.79 Å². The van der Waals surface area contributed by atoms with E-state index in [0.29, 0.717) is 25.8 Å². The maximum absolute atomic E-state index is 13.3. The molecule has 1 unspecified atom stereocenters. The minimum absolute atomic E-state index is 0.00134. The summed E-state index contributed by atoms with van der Waals surface area (Å²) in [7, 11) is 0. The Hall–Kier alpha value is -3.39. The molecule has 0 aliphatic carbocycles. The number of carboxylic acid groups (broad SMARTS) is 1. The van der Waals surface area contributed by atoms with Gasteiger partial charge in [-0.2, -0.15) is 0 Å². The number of benzene rings is 2. The standard InChI is InChI=1S/C27H34FN3O4/c1-27(2,3)35-26(34)30-16-20(13-10-18-8-11-19(28)12-9-18)31-24(14-15-25(32)33)22-17-29-23-7-5-4-6-21(22)23/h4-9,11-12,17,20,24,29,31H,10,13-16H2,1-3H3,(H,30,34)(H,32,33)/t20?,24-/m1/s1. The lowest BCUT2D eigenvalue weighted by Crippen LogP contribution is -2.44. The molecule has 1 heterocycles. The fraction of sp³-hybridized carbons (Fsp3) is 0.407. The molecule has 1 amide bonds. The molecule has 7 nitrogen and oxygen atoms in total. The zero-order valence-electron chi connectivity index (χ0n) is 20.4. The SMILES string of the molecule is CC(C)(C)OC(=O)NCC(CCc1ccc(F)cc1)N[C@H](CCC(=O)O)c1c[nH]c2ccccc12. The molecular weight excluding hydrogens is 449 g/mol. The van der Waals surface area contributed by atoms with Crippen LogP contribution in [0.5, 0.6) is 0 Å². The number of aryl methyl sites for hydroxylation is 1. The Morgan fingerprint density at radius 3 is 2.49 bits per heavy atom. The molecule has 3 rings (SSSR count). The van der Waals surface area contributed by atoms with Gasteiger partial charge in [-0.1, -0.05) is 30.3 Å². The molecule has 3 aromatic rings. The summed E-state index contributed by atoms with van der Waals surface area (Å²) >= 11 is 0. The van der Waals surface area contributed by atoms with Crippen molar-refractivity contribution < 1.29 is 23.8 Å². The molecule has 0 radical (unpaired) electrons. The van der Waals surface area contributed by atoms with E-state index in [1.165, 1.54) is 12.1 Å². The van der Waals surface area contributed by atoms with Crippen LogP contribution in [-0.2, 0) is 16.0 Å². The van der Waals surface area contributed by atoms with Crippen molar-refractivity contribution in [3.8, 4) is 0 Å². The van der Waals surface area contributed by atoms with E-state index in [1.807, 2.05) is 30.5 Å². The van der Waals surface area contributed by atoms with E-state index >= 15 is 0 Å². The zero-order chi connectivity index (χ0) is 25.4. The summed E-state index contributed by atoms with van der Waals surface area (Å²) in [5, 5.41) is 16.8. The van der Waals surface area contributed by atoms with E-state index in [0.717, 1.165) is 22.0 Å². The van der Waals surface area contributed by atoms with E-state index in [-0.39, 0.29) is 24.3 Å². The average Bonchev–Trinajstić information content (AvgIpc) is 3.22. The summed E-state index contributed by atoms with van der Waals surface area (Å²) in [4.78, 5) is 26.9. The van der Waals surface area contributed by atoms with Crippen molar-refractivity contribution in [1.82, 2.24) is 15.6 Å². The molecule has 0 saturated carbocycles. The normalized spacial score (nSPS) is 13.4. The van der Waals surface area contributed by atoms with Crippen LogP contribution < -0.4 is 10.6 Å². The highest BCUT2D eigenvalue weighted by atomic mass is 19.1. The highest BCUT2D eigenvalue weighted by molar-refractivity contribution is 5.83. The number of H-pyrrole nitrogens is 1. The number of amides is 1. The summed E-state index contributed by atoms with van der Waals surface area (Å²) in [5.41, 5.74) is 2.31. The molecule has 2 atom stereocenters. The maximum Gasteiger partial charge on any atom is 0.407 e. The van der Waals surface area contributed by atoms with Crippen LogP contribution in [0.1, 0.15) is 57.2 Å². The van der Waals surface area contributed by atoms with Crippen molar-refractivity contribution >= 4 is 23.0 Å². The van der Waals surface area contributed by atoms with Crippen LogP contribution in [0.2, 0.25) is 0 Å². The lowest BCUT2D eigenvalue weighted by atomic mass is 9.98. The Labute approximate surface area is 205 Å². The predicted molar refractivity (Wildman–Crippen MR) is 134 cm³/mol. The number of rotatable bonds is 11. The number of para-hydroxylation sites is 1. The van der Waals surface area contributed by atoms with E-state index in [2.05, 4.69) is 15.6 Å². The number of ether oxygens (including phenoxy) is 1. The van der Waals surface area contributed by atoms with Gasteiger partial charge in [-0.25, -0.2) is 9.18 Å². The summed E-state index contributed by atoms with van der Waals surface area (Å²) in [6.45, 7) is 5.70. The van der Waals surface area contributed by atoms with Gasteiger partial charge in [0.1, 0.15) is 11.4 Å². The predicted octanol–water partition coefficient (Wildman–Crippen LogP) is 5.33. The minimum atomic E-state index is -0.869. The van der Waals surface area contributed by atoms with Crippen molar-refractivity contribution in [2.45, 2.75) is 64.1 Å². The fourth-order valence-corrected chi connectivity index (χ4v) is 4.02. The summed E-state index contributed by atoms with van der Waals surface area (Å²) in [6.07, 6.45) is 3.08. The molecule has 2 aromatic carbocycles. The third kappa shape index (κ3) is 8.40. The number of carbonyl (C=O) groups is 2. The molecule has 0 aliphatic heterocycles. The van der Waals surface area contributed by atoms with Crippen LogP contribution >= 0.6 is 0 Å². The maximum atomic E-state index is 13.3. The van der Waals surface area contributed by atoms with E-state index < -0.39 is 17.7 Å². The molecule has 4 N–H and O–H groups in total. The van der Waals surface area contributed by atoms with Crippen molar-refractivity contribution in [3.63, 3.8) is 0 Å². The van der Waals surface area contributed by atoms with E-state index in [4.69, 9.17) is 4.74 Å². The highest BCUT2D eigenvalue weighted by Gasteiger charge is 2.23. The number of aromatic nitrogens is 1. The fourth-order valence-electron chi connectivity index (χ4n) is 4.02. The monoisotopic (exact) mass is 483 g/mol. The first-order chi connectivity index (χ1) is 16.6. The van der Waals surface area contributed by atoms with Gasteiger partial charge in [-0.15, -0.1) is 0 Å². The van der Waals surface area contributed by atoms with Gasteiger partial charge >= 0.3 is 12.1 Å². The van der Waals surface area contributed by atoms with Gasteiger partial charge in [0.2, 0.25) is 0 Å². The number of alkyl carbamates (subject to hydrolysis) is 1. The molecule has 0 saturated heterocycles. The molecule has 188 valence electrons. The lowest BCUT2D eigenvalue weighted by Gasteiger charge is -2.27. The van der Waals surface area contributed by atoms with Crippen molar-refractivity contribution in [3.05, 3.63) is 71.7 Å². The van der Waals surface area contributed by atoms with Crippen LogP contribution in [0.4, 0.5) is 9.18 Å². The average molecular weight is 484 g/mol. The van der Waals surface area contributed by atoms with Gasteiger partial charge in [0.25, 0.3) is 0 Å². The number of aromatic amines is 1. The smallest absolute Gasteiger partial charge is 0.407 e. The third-order valence-corrected chi connectivity index (χ3v) is 5.67. The minimum Gasteiger partial charge on any atom is -0.481 e. The molecule has 0 aliphatic rings. The number of nitrogens with one attached hydrogen (secondary N) is 3. The van der Waals surface area contributed by atoms with Crippen LogP contribution in [0.3, 0.4) is 0 Å².